The van der Waals surface area contributed by atoms with Crippen LogP contribution in [0.3, 0.4) is 0 Å². The first-order valence-electron chi connectivity index (χ1n) is 11.8. The Hall–Kier alpha value is -2.77. The van der Waals surface area contributed by atoms with Crippen molar-refractivity contribution in [3.8, 4) is 11.5 Å². The van der Waals surface area contributed by atoms with Crippen molar-refractivity contribution in [1.82, 2.24) is 0 Å². The zero-order valence-corrected chi connectivity index (χ0v) is 22.5. The first kappa shape index (κ1) is 27.8. The first-order chi connectivity index (χ1) is 17.2. The minimum atomic E-state index is -2.95. The van der Waals surface area contributed by atoms with Gasteiger partial charge in [0.05, 0.1) is 25.7 Å². The zero-order chi connectivity index (χ0) is 26.1. The molecular formula is C27H32NO6PS. The molecule has 0 aliphatic heterocycles. The largest absolute Gasteiger partial charge is 0.494 e. The van der Waals surface area contributed by atoms with E-state index in [0.717, 1.165) is 40.5 Å². The number of hydrogen-bond acceptors (Lipinski definition) is 7. The van der Waals surface area contributed by atoms with E-state index in [0.29, 0.717) is 30.6 Å². The Morgan fingerprint density at radius 2 is 1.58 bits per heavy atom. The van der Waals surface area contributed by atoms with Gasteiger partial charge in [0.15, 0.2) is 0 Å². The lowest BCUT2D eigenvalue weighted by molar-refractivity contribution is -0.135. The van der Waals surface area contributed by atoms with Crippen molar-refractivity contribution in [1.29, 1.82) is 0 Å². The molecule has 9 heteroatoms. The summed E-state index contributed by atoms with van der Waals surface area (Å²) in [6.07, 6.45) is 1.49. The van der Waals surface area contributed by atoms with E-state index in [1.54, 1.807) is 31.2 Å². The number of esters is 1. The highest BCUT2D eigenvalue weighted by molar-refractivity contribution is 7.80. The Morgan fingerprint density at radius 3 is 2.28 bits per heavy atom. The highest BCUT2D eigenvalue weighted by atomic mass is 32.1. The van der Waals surface area contributed by atoms with Crippen LogP contribution in [-0.2, 0) is 18.4 Å². The van der Waals surface area contributed by atoms with E-state index in [-0.39, 0.29) is 5.97 Å². The molecule has 0 aromatic heterocycles. The lowest BCUT2D eigenvalue weighted by atomic mass is 9.98. The maximum absolute atomic E-state index is 12.7. The van der Waals surface area contributed by atoms with Crippen LogP contribution in [0.1, 0.15) is 43.7 Å². The van der Waals surface area contributed by atoms with Gasteiger partial charge in [-0.25, -0.2) is 0 Å². The molecule has 0 amide bonds. The highest BCUT2D eigenvalue weighted by Crippen LogP contribution is 2.43. The van der Waals surface area contributed by atoms with E-state index in [4.69, 9.17) is 36.5 Å². The molecule has 0 saturated carbocycles. The van der Waals surface area contributed by atoms with Gasteiger partial charge in [-0.2, -0.15) is 0 Å². The van der Waals surface area contributed by atoms with Crippen LogP contribution in [0.15, 0.2) is 60.7 Å². The summed E-state index contributed by atoms with van der Waals surface area (Å²) in [6.45, 7) is 6.34. The number of carbonyl (C=O) groups excluding carboxylic acids is 1. The van der Waals surface area contributed by atoms with E-state index in [1.807, 2.05) is 43.3 Å². The fourth-order valence-corrected chi connectivity index (χ4v) is 4.67. The third-order valence-electron chi connectivity index (χ3n) is 5.54. The van der Waals surface area contributed by atoms with E-state index < -0.39 is 13.5 Å². The van der Waals surface area contributed by atoms with Crippen molar-refractivity contribution in [3.63, 3.8) is 0 Å². The monoisotopic (exact) mass is 529 g/mol. The molecule has 2 unspecified atom stereocenters. The van der Waals surface area contributed by atoms with E-state index >= 15 is 0 Å². The molecule has 0 radical (unpaired) electrons. The third kappa shape index (κ3) is 8.14. The van der Waals surface area contributed by atoms with Gasteiger partial charge < -0.3 is 24.3 Å². The molecular weight excluding hydrogens is 497 g/mol. The van der Waals surface area contributed by atoms with E-state index in [1.165, 1.54) is 6.66 Å². The quantitative estimate of drug-likeness (QED) is 0.0917. The second kappa shape index (κ2) is 13.0. The van der Waals surface area contributed by atoms with Gasteiger partial charge in [-0.3, -0.25) is 9.36 Å². The number of thiocarbonyl (C=S) groups is 1. The highest BCUT2D eigenvalue weighted by Gasteiger charge is 2.18. The predicted octanol–water partition coefficient (Wildman–Crippen LogP) is 6.22. The number of carbonyl (C=O) groups is 1. The Balaban J connectivity index is 1.52. The maximum Gasteiger partial charge on any atom is 0.327 e. The molecule has 3 aromatic carbocycles. The van der Waals surface area contributed by atoms with Crippen LogP contribution < -0.4 is 15.2 Å². The van der Waals surface area contributed by atoms with Crippen LogP contribution in [0.2, 0.25) is 0 Å². The van der Waals surface area contributed by atoms with Crippen molar-refractivity contribution in [3.05, 3.63) is 71.8 Å². The topological polar surface area (TPSA) is 97.1 Å². The van der Waals surface area contributed by atoms with Gasteiger partial charge in [-0.15, -0.1) is 0 Å². The van der Waals surface area contributed by atoms with Gasteiger partial charge >= 0.3 is 13.6 Å². The van der Waals surface area contributed by atoms with Crippen molar-refractivity contribution < 1.29 is 27.9 Å². The second-order valence-electron chi connectivity index (χ2n) is 8.38. The molecule has 0 saturated heterocycles. The summed E-state index contributed by atoms with van der Waals surface area (Å²) in [7, 11) is -2.95. The Morgan fingerprint density at radius 1 is 0.944 bits per heavy atom. The average molecular weight is 530 g/mol. The standard InChI is InChI=1S/C27H32NO6PS/c1-4-32-35(3,30)33-16-6-5-15-31-25-14-11-22-17-21(7-8-23(22)18-25)19(2)27(29)34-24-12-9-20(10-13-24)26(28)36/h7-14,17-19H,4-6,15-16H2,1-3H3,(H2,28,36). The summed E-state index contributed by atoms with van der Waals surface area (Å²) in [6, 6.07) is 18.5. The maximum atomic E-state index is 12.7. The molecule has 7 nitrogen and oxygen atoms in total. The number of benzene rings is 3. The lowest BCUT2D eigenvalue weighted by Crippen LogP contribution is -2.16. The number of unbranched alkanes of at least 4 members (excludes halogenated alkanes) is 1. The molecule has 2 atom stereocenters. The average Bonchev–Trinajstić information content (AvgIpc) is 2.85. The minimum Gasteiger partial charge on any atom is -0.494 e. The number of rotatable bonds is 13. The van der Waals surface area contributed by atoms with Crippen LogP contribution in [0, 0.1) is 0 Å². The van der Waals surface area contributed by atoms with Crippen LogP contribution in [-0.4, -0.2) is 37.4 Å². The molecule has 0 bridgehead atoms. The molecule has 0 aliphatic rings. The molecule has 0 heterocycles. The lowest BCUT2D eigenvalue weighted by Gasteiger charge is -2.14. The second-order valence-corrected chi connectivity index (χ2v) is 10.9. The third-order valence-corrected chi connectivity index (χ3v) is 7.16. The molecule has 36 heavy (non-hydrogen) atoms. The fraction of sp³-hybridized carbons (Fsp3) is 0.333. The number of fused-ring (bicyclic) bond motifs is 1. The Labute approximate surface area is 217 Å². The van der Waals surface area contributed by atoms with Gasteiger partial charge in [0, 0.05) is 12.2 Å². The molecule has 3 rings (SSSR count). The summed E-state index contributed by atoms with van der Waals surface area (Å²) in [4.78, 5) is 13.0. The molecule has 192 valence electrons. The summed E-state index contributed by atoms with van der Waals surface area (Å²) in [5, 5.41) is 2.01. The first-order valence-corrected chi connectivity index (χ1v) is 14.2. The number of hydrogen-bond donors (Lipinski definition) is 1. The minimum absolute atomic E-state index is 0.294. The summed E-state index contributed by atoms with van der Waals surface area (Å²) >= 11 is 4.94. The van der Waals surface area contributed by atoms with E-state index in [2.05, 4.69) is 0 Å². The van der Waals surface area contributed by atoms with Crippen LogP contribution in [0.4, 0.5) is 0 Å². The number of nitrogens with two attached hydrogens (primary N) is 1. The van der Waals surface area contributed by atoms with Crippen molar-refractivity contribution >= 4 is 41.5 Å². The van der Waals surface area contributed by atoms with Gasteiger partial charge in [0.2, 0.25) is 0 Å². The summed E-state index contributed by atoms with van der Waals surface area (Å²) in [5.41, 5.74) is 7.19. The fourth-order valence-electron chi connectivity index (χ4n) is 3.53. The van der Waals surface area contributed by atoms with Crippen molar-refractivity contribution in [2.75, 3.05) is 26.5 Å². The molecule has 2 N–H and O–H groups in total. The molecule has 0 spiro atoms. The van der Waals surface area contributed by atoms with Gasteiger partial charge in [0.1, 0.15) is 16.5 Å². The Bertz CT molecular complexity index is 1250. The smallest absolute Gasteiger partial charge is 0.327 e. The van der Waals surface area contributed by atoms with Gasteiger partial charge in [0.25, 0.3) is 0 Å². The Kier molecular flexibility index (Phi) is 10.0. The van der Waals surface area contributed by atoms with Crippen molar-refractivity contribution in [2.24, 2.45) is 5.73 Å². The van der Waals surface area contributed by atoms with Crippen LogP contribution in [0.5, 0.6) is 11.5 Å². The summed E-state index contributed by atoms with van der Waals surface area (Å²) in [5.74, 6) is 0.421. The molecule has 0 aliphatic carbocycles. The predicted molar refractivity (Wildman–Crippen MR) is 146 cm³/mol. The molecule has 3 aromatic rings. The number of ether oxygens (including phenoxy) is 2. The van der Waals surface area contributed by atoms with Crippen LogP contribution in [0.25, 0.3) is 10.8 Å². The molecule has 0 fully saturated rings. The zero-order valence-electron chi connectivity index (χ0n) is 20.8. The summed E-state index contributed by atoms with van der Waals surface area (Å²) < 4.78 is 33.7. The van der Waals surface area contributed by atoms with Gasteiger partial charge in [-0.1, -0.05) is 36.5 Å². The van der Waals surface area contributed by atoms with E-state index in [9.17, 15) is 9.36 Å². The SMILES string of the molecule is CCOP(C)(=O)OCCCCOc1ccc2cc(C(C)C(=O)Oc3ccc(C(N)=S)cc3)ccc2c1. The van der Waals surface area contributed by atoms with Crippen LogP contribution >= 0.6 is 19.8 Å². The normalized spacial score (nSPS) is 13.6. The van der Waals surface area contributed by atoms with Gasteiger partial charge in [-0.05, 0) is 79.4 Å². The van der Waals surface area contributed by atoms with Crippen molar-refractivity contribution in [2.45, 2.75) is 32.6 Å².